The molecule has 28 heavy (non-hydrogen) atoms. The molecular formula is C20H21N5O3. The van der Waals surface area contributed by atoms with Crippen molar-refractivity contribution in [3.63, 3.8) is 0 Å². The first-order valence-electron chi connectivity index (χ1n) is 9.11. The summed E-state index contributed by atoms with van der Waals surface area (Å²) in [6, 6.07) is 7.69. The van der Waals surface area contributed by atoms with Crippen LogP contribution < -0.4 is 14.8 Å². The Bertz CT molecular complexity index is 972. The van der Waals surface area contributed by atoms with Gasteiger partial charge in [0, 0.05) is 36.7 Å². The zero-order valence-corrected chi connectivity index (χ0v) is 15.6. The molecule has 1 aromatic carbocycles. The molecule has 4 rings (SSSR count). The Morgan fingerprint density at radius 3 is 2.96 bits per heavy atom. The van der Waals surface area contributed by atoms with Crippen LogP contribution in [0, 0.1) is 6.92 Å². The maximum Gasteiger partial charge on any atom is 0.235 e. The number of carbonyl (C=O) groups excluding carboxylic acids is 1. The maximum atomic E-state index is 12.2. The van der Waals surface area contributed by atoms with Crippen LogP contribution in [0.5, 0.6) is 11.5 Å². The highest BCUT2D eigenvalue weighted by Crippen LogP contribution is 2.32. The average Bonchev–Trinajstić information content (AvgIpc) is 3.37. The second kappa shape index (κ2) is 8.18. The zero-order valence-electron chi connectivity index (χ0n) is 15.6. The second-order valence-electron chi connectivity index (χ2n) is 6.60. The summed E-state index contributed by atoms with van der Waals surface area (Å²) in [6.07, 6.45) is 6.14. The van der Waals surface area contributed by atoms with Crippen LogP contribution in [0.4, 0.5) is 0 Å². The number of benzene rings is 1. The van der Waals surface area contributed by atoms with Crippen LogP contribution in [0.1, 0.15) is 23.4 Å². The van der Waals surface area contributed by atoms with E-state index in [1.807, 2.05) is 31.2 Å². The van der Waals surface area contributed by atoms with Gasteiger partial charge in [0.25, 0.3) is 0 Å². The topological polar surface area (TPSA) is 91.2 Å². The van der Waals surface area contributed by atoms with E-state index in [0.29, 0.717) is 31.9 Å². The largest absolute Gasteiger partial charge is 0.454 e. The summed E-state index contributed by atoms with van der Waals surface area (Å²) >= 11 is 0. The predicted octanol–water partition coefficient (Wildman–Crippen LogP) is 1.99. The summed E-state index contributed by atoms with van der Waals surface area (Å²) in [7, 11) is 0. The monoisotopic (exact) mass is 379 g/mol. The van der Waals surface area contributed by atoms with Gasteiger partial charge in [-0.05, 0) is 37.1 Å². The lowest BCUT2D eigenvalue weighted by Crippen LogP contribution is -2.23. The number of nitrogens with one attached hydrogen (secondary N) is 1. The van der Waals surface area contributed by atoms with Gasteiger partial charge in [-0.15, -0.1) is 0 Å². The molecular weight excluding hydrogens is 358 g/mol. The van der Waals surface area contributed by atoms with E-state index in [1.54, 1.807) is 23.3 Å². The Balaban J connectivity index is 1.27. The molecule has 3 aromatic rings. The third kappa shape index (κ3) is 4.34. The van der Waals surface area contributed by atoms with Crippen molar-refractivity contribution in [1.29, 1.82) is 0 Å². The quantitative estimate of drug-likeness (QED) is 0.640. The highest BCUT2D eigenvalue weighted by atomic mass is 16.7. The first-order valence-corrected chi connectivity index (χ1v) is 9.11. The molecule has 0 atom stereocenters. The fourth-order valence-electron chi connectivity index (χ4n) is 2.99. The van der Waals surface area contributed by atoms with Gasteiger partial charge in [0.2, 0.25) is 12.7 Å². The first-order chi connectivity index (χ1) is 13.7. The molecule has 8 nitrogen and oxygen atoms in total. The van der Waals surface area contributed by atoms with Crippen molar-refractivity contribution >= 4 is 5.78 Å². The smallest absolute Gasteiger partial charge is 0.235 e. The van der Waals surface area contributed by atoms with E-state index < -0.39 is 0 Å². The fourth-order valence-corrected chi connectivity index (χ4v) is 2.99. The van der Waals surface area contributed by atoms with Gasteiger partial charge in [0.15, 0.2) is 11.5 Å². The molecule has 0 amide bonds. The van der Waals surface area contributed by atoms with Gasteiger partial charge < -0.3 is 14.8 Å². The molecule has 1 N–H and O–H groups in total. The standard InChI is InChI=1S/C20H21N5O3/c1-14-8-16(24-20(23-14)25-7-6-21-12-25)3-4-17(26)11-22-10-15-2-5-18-19(9-15)28-13-27-18/h2,5-9,12,22H,3-4,10-11,13H2,1H3. The van der Waals surface area contributed by atoms with Gasteiger partial charge in [0.05, 0.1) is 6.54 Å². The fraction of sp³-hybridized carbons (Fsp3) is 0.300. The summed E-state index contributed by atoms with van der Waals surface area (Å²) < 4.78 is 12.4. The van der Waals surface area contributed by atoms with Crippen LogP contribution in [0.3, 0.4) is 0 Å². The number of Topliss-reactive ketones (excluding diaryl/α,β-unsaturated/α-hetero) is 1. The van der Waals surface area contributed by atoms with Gasteiger partial charge in [-0.1, -0.05) is 6.07 Å². The summed E-state index contributed by atoms with van der Waals surface area (Å²) in [5.74, 6) is 2.22. The number of nitrogens with zero attached hydrogens (tertiary/aromatic N) is 4. The van der Waals surface area contributed by atoms with Gasteiger partial charge in [-0.2, -0.15) is 0 Å². The summed E-state index contributed by atoms with van der Waals surface area (Å²) in [5.41, 5.74) is 2.76. The van der Waals surface area contributed by atoms with Crippen molar-refractivity contribution < 1.29 is 14.3 Å². The van der Waals surface area contributed by atoms with Crippen molar-refractivity contribution in [2.75, 3.05) is 13.3 Å². The van der Waals surface area contributed by atoms with E-state index in [0.717, 1.165) is 28.5 Å². The average molecular weight is 379 g/mol. The molecule has 0 unspecified atom stereocenters. The zero-order chi connectivity index (χ0) is 19.3. The molecule has 0 spiro atoms. The molecule has 0 saturated heterocycles. The number of aryl methyl sites for hydroxylation is 2. The Kier molecular flexibility index (Phi) is 5.29. The summed E-state index contributed by atoms with van der Waals surface area (Å²) in [5, 5.41) is 3.18. The van der Waals surface area contributed by atoms with Crippen LogP contribution >= 0.6 is 0 Å². The number of hydrogen-bond acceptors (Lipinski definition) is 7. The number of aromatic nitrogens is 4. The van der Waals surface area contributed by atoms with E-state index in [-0.39, 0.29) is 12.6 Å². The van der Waals surface area contributed by atoms with E-state index in [2.05, 4.69) is 20.3 Å². The van der Waals surface area contributed by atoms with Crippen LogP contribution in [0.15, 0.2) is 43.0 Å². The molecule has 1 aliphatic heterocycles. The van der Waals surface area contributed by atoms with Crippen LogP contribution in [0.25, 0.3) is 5.95 Å². The van der Waals surface area contributed by atoms with E-state index in [1.165, 1.54) is 0 Å². The lowest BCUT2D eigenvalue weighted by molar-refractivity contribution is -0.118. The number of ketones is 1. The highest BCUT2D eigenvalue weighted by molar-refractivity contribution is 5.80. The molecule has 1 aliphatic rings. The number of carbonyl (C=O) groups is 1. The highest BCUT2D eigenvalue weighted by Gasteiger charge is 2.13. The molecule has 0 bridgehead atoms. The molecule has 0 fully saturated rings. The number of imidazole rings is 1. The summed E-state index contributed by atoms with van der Waals surface area (Å²) in [4.78, 5) is 25.2. The number of ether oxygens (including phenoxy) is 2. The molecule has 2 aromatic heterocycles. The van der Waals surface area contributed by atoms with Crippen molar-refractivity contribution in [3.8, 4) is 17.4 Å². The van der Waals surface area contributed by atoms with Crippen molar-refractivity contribution in [2.45, 2.75) is 26.3 Å². The number of hydrogen-bond donors (Lipinski definition) is 1. The van der Waals surface area contributed by atoms with Gasteiger partial charge >= 0.3 is 0 Å². The van der Waals surface area contributed by atoms with Gasteiger partial charge in [-0.3, -0.25) is 9.36 Å². The van der Waals surface area contributed by atoms with Gasteiger partial charge in [0.1, 0.15) is 12.1 Å². The molecule has 8 heteroatoms. The number of fused-ring (bicyclic) bond motifs is 1. The summed E-state index contributed by atoms with van der Waals surface area (Å²) in [6.45, 7) is 3.09. The lowest BCUT2D eigenvalue weighted by atomic mass is 10.1. The Labute approximate surface area is 162 Å². The van der Waals surface area contributed by atoms with E-state index >= 15 is 0 Å². The van der Waals surface area contributed by atoms with E-state index in [4.69, 9.17) is 9.47 Å². The van der Waals surface area contributed by atoms with Crippen LogP contribution in [0.2, 0.25) is 0 Å². The second-order valence-corrected chi connectivity index (χ2v) is 6.60. The normalized spacial score (nSPS) is 12.3. The minimum absolute atomic E-state index is 0.140. The van der Waals surface area contributed by atoms with Crippen LogP contribution in [-0.2, 0) is 17.8 Å². The Hall–Kier alpha value is -3.26. The molecule has 0 saturated carbocycles. The van der Waals surface area contributed by atoms with Crippen molar-refractivity contribution in [3.05, 3.63) is 59.9 Å². The molecule has 0 aliphatic carbocycles. The third-order valence-electron chi connectivity index (χ3n) is 4.38. The minimum Gasteiger partial charge on any atom is -0.454 e. The van der Waals surface area contributed by atoms with Crippen LogP contribution in [-0.4, -0.2) is 38.6 Å². The molecule has 0 radical (unpaired) electrons. The minimum atomic E-state index is 0.140. The Morgan fingerprint density at radius 1 is 1.21 bits per heavy atom. The SMILES string of the molecule is Cc1cc(CCC(=O)CNCc2ccc3c(c2)OCO3)nc(-n2ccnc2)n1. The lowest BCUT2D eigenvalue weighted by Gasteiger charge is -2.07. The van der Waals surface area contributed by atoms with Crippen molar-refractivity contribution in [1.82, 2.24) is 24.8 Å². The predicted molar refractivity (Wildman–Crippen MR) is 101 cm³/mol. The number of rotatable bonds is 8. The first kappa shape index (κ1) is 18.1. The van der Waals surface area contributed by atoms with E-state index in [9.17, 15) is 4.79 Å². The van der Waals surface area contributed by atoms with Gasteiger partial charge in [-0.25, -0.2) is 15.0 Å². The third-order valence-corrected chi connectivity index (χ3v) is 4.38. The molecule has 144 valence electrons. The molecule has 3 heterocycles. The maximum absolute atomic E-state index is 12.2. The Morgan fingerprint density at radius 2 is 2.11 bits per heavy atom. The van der Waals surface area contributed by atoms with Crippen molar-refractivity contribution in [2.24, 2.45) is 0 Å².